The standard InChI is InChI=1S/C14H17ClN2OS/c1-8-3-4-10-11(7-16)14(19-12(10)5-8)17-13(18)9(2)6-15/h8-9H,3-6H2,1-2H3,(H,17,18). The summed E-state index contributed by atoms with van der Waals surface area (Å²) >= 11 is 7.23. The minimum Gasteiger partial charge on any atom is -0.316 e. The number of thiophene rings is 1. The lowest BCUT2D eigenvalue weighted by Crippen LogP contribution is -2.21. The van der Waals surface area contributed by atoms with E-state index in [2.05, 4.69) is 18.3 Å². The van der Waals surface area contributed by atoms with Crippen molar-refractivity contribution in [3.8, 4) is 6.07 Å². The molecule has 2 rings (SSSR count). The van der Waals surface area contributed by atoms with Crippen LogP contribution in [0, 0.1) is 23.2 Å². The molecule has 1 N–H and O–H groups in total. The van der Waals surface area contributed by atoms with Gasteiger partial charge in [0.2, 0.25) is 5.91 Å². The number of carbonyl (C=O) groups excluding carboxylic acids is 1. The fourth-order valence-electron chi connectivity index (χ4n) is 2.26. The van der Waals surface area contributed by atoms with Crippen LogP contribution in [0.2, 0.25) is 0 Å². The average Bonchev–Trinajstić information content (AvgIpc) is 2.73. The molecule has 102 valence electrons. The summed E-state index contributed by atoms with van der Waals surface area (Å²) in [5.74, 6) is 0.586. The van der Waals surface area contributed by atoms with Gasteiger partial charge in [0.1, 0.15) is 11.1 Å². The topological polar surface area (TPSA) is 52.9 Å². The van der Waals surface area contributed by atoms with E-state index in [0.29, 0.717) is 16.5 Å². The van der Waals surface area contributed by atoms with E-state index in [1.165, 1.54) is 4.88 Å². The first-order chi connectivity index (χ1) is 9.06. The third-order valence-electron chi connectivity index (χ3n) is 3.54. The zero-order valence-corrected chi connectivity index (χ0v) is 12.7. The number of halogens is 1. The van der Waals surface area contributed by atoms with Crippen LogP contribution in [-0.4, -0.2) is 11.8 Å². The van der Waals surface area contributed by atoms with Crippen LogP contribution in [0.4, 0.5) is 5.00 Å². The summed E-state index contributed by atoms with van der Waals surface area (Å²) in [7, 11) is 0. The van der Waals surface area contributed by atoms with Crippen molar-refractivity contribution in [3.05, 3.63) is 16.0 Å². The summed E-state index contributed by atoms with van der Waals surface area (Å²) in [5, 5.41) is 12.9. The molecule has 1 amide bonds. The highest BCUT2D eigenvalue weighted by Gasteiger charge is 2.25. The molecule has 1 heterocycles. The molecular weight excluding hydrogens is 280 g/mol. The van der Waals surface area contributed by atoms with Gasteiger partial charge in [-0.15, -0.1) is 22.9 Å². The van der Waals surface area contributed by atoms with Gasteiger partial charge >= 0.3 is 0 Å². The Morgan fingerprint density at radius 3 is 3.05 bits per heavy atom. The second kappa shape index (κ2) is 5.94. The first-order valence-electron chi connectivity index (χ1n) is 6.48. The van der Waals surface area contributed by atoms with Gasteiger partial charge in [-0.2, -0.15) is 5.26 Å². The van der Waals surface area contributed by atoms with Crippen molar-refractivity contribution in [1.29, 1.82) is 5.26 Å². The number of fused-ring (bicyclic) bond motifs is 1. The van der Waals surface area contributed by atoms with Gasteiger partial charge in [0.15, 0.2) is 0 Å². The third-order valence-corrected chi connectivity index (χ3v) is 5.17. The summed E-state index contributed by atoms with van der Waals surface area (Å²) in [6.07, 6.45) is 3.07. The van der Waals surface area contributed by atoms with E-state index in [4.69, 9.17) is 11.6 Å². The summed E-state index contributed by atoms with van der Waals surface area (Å²) in [6, 6.07) is 2.24. The van der Waals surface area contributed by atoms with E-state index in [1.807, 2.05) is 0 Å². The molecule has 0 radical (unpaired) electrons. The van der Waals surface area contributed by atoms with Gasteiger partial charge < -0.3 is 5.32 Å². The van der Waals surface area contributed by atoms with Crippen molar-refractivity contribution in [3.63, 3.8) is 0 Å². The van der Waals surface area contributed by atoms with E-state index in [0.717, 1.165) is 24.8 Å². The number of nitriles is 1. The maximum absolute atomic E-state index is 11.9. The molecule has 1 aromatic rings. The van der Waals surface area contributed by atoms with Crippen LogP contribution >= 0.6 is 22.9 Å². The summed E-state index contributed by atoms with van der Waals surface area (Å²) < 4.78 is 0. The monoisotopic (exact) mass is 296 g/mol. The fourth-order valence-corrected chi connectivity index (χ4v) is 3.77. The first-order valence-corrected chi connectivity index (χ1v) is 7.83. The molecule has 1 aromatic heterocycles. The van der Waals surface area contributed by atoms with Crippen LogP contribution < -0.4 is 5.32 Å². The van der Waals surface area contributed by atoms with E-state index >= 15 is 0 Å². The number of anilines is 1. The number of nitrogens with zero attached hydrogens (tertiary/aromatic N) is 1. The minimum absolute atomic E-state index is 0.113. The minimum atomic E-state index is -0.244. The SMILES string of the molecule is CC1CCc2c(sc(NC(=O)C(C)CCl)c2C#N)C1. The van der Waals surface area contributed by atoms with Crippen molar-refractivity contribution < 1.29 is 4.79 Å². The lowest BCUT2D eigenvalue weighted by molar-refractivity contribution is -0.118. The Kier molecular flexibility index (Phi) is 4.49. The second-order valence-corrected chi connectivity index (χ2v) is 6.63. The molecule has 0 saturated heterocycles. The smallest absolute Gasteiger partial charge is 0.229 e. The number of carbonyl (C=O) groups is 1. The van der Waals surface area contributed by atoms with Crippen molar-refractivity contribution in [2.45, 2.75) is 33.1 Å². The van der Waals surface area contributed by atoms with Crippen LogP contribution in [0.5, 0.6) is 0 Å². The lowest BCUT2D eigenvalue weighted by atomic mass is 9.88. The quantitative estimate of drug-likeness (QED) is 0.867. The molecule has 1 aliphatic rings. The molecule has 0 aromatic carbocycles. The Hall–Kier alpha value is -1.05. The average molecular weight is 297 g/mol. The number of nitrogens with one attached hydrogen (secondary N) is 1. The lowest BCUT2D eigenvalue weighted by Gasteiger charge is -2.17. The predicted molar refractivity (Wildman–Crippen MR) is 78.7 cm³/mol. The Morgan fingerprint density at radius 1 is 1.68 bits per heavy atom. The maximum atomic E-state index is 11.9. The molecule has 0 fully saturated rings. The molecule has 5 heteroatoms. The largest absolute Gasteiger partial charge is 0.316 e. The Morgan fingerprint density at radius 2 is 2.42 bits per heavy atom. The van der Waals surface area contributed by atoms with Gasteiger partial charge in [-0.25, -0.2) is 0 Å². The van der Waals surface area contributed by atoms with Crippen LogP contribution in [0.1, 0.15) is 36.3 Å². The van der Waals surface area contributed by atoms with E-state index in [9.17, 15) is 10.1 Å². The van der Waals surface area contributed by atoms with Crippen LogP contribution in [0.15, 0.2) is 0 Å². The highest BCUT2D eigenvalue weighted by Crippen LogP contribution is 2.39. The van der Waals surface area contributed by atoms with Gasteiger partial charge in [0.05, 0.1) is 5.56 Å². The first kappa shape index (κ1) is 14.4. The molecule has 0 saturated carbocycles. The normalized spacial score (nSPS) is 19.4. The van der Waals surface area contributed by atoms with E-state index in [-0.39, 0.29) is 17.7 Å². The third kappa shape index (κ3) is 2.93. The summed E-state index contributed by atoms with van der Waals surface area (Å²) in [6.45, 7) is 4.01. The molecule has 2 atom stereocenters. The maximum Gasteiger partial charge on any atom is 0.229 e. The Balaban J connectivity index is 2.27. The Labute approximate surface area is 122 Å². The van der Waals surface area contributed by atoms with Crippen LogP contribution in [0.3, 0.4) is 0 Å². The van der Waals surface area contributed by atoms with Crippen molar-refractivity contribution in [1.82, 2.24) is 0 Å². The Bertz CT molecular complexity index is 532. The zero-order chi connectivity index (χ0) is 14.0. The fraction of sp³-hybridized carbons (Fsp3) is 0.571. The zero-order valence-electron chi connectivity index (χ0n) is 11.1. The molecule has 3 nitrogen and oxygen atoms in total. The molecule has 2 unspecified atom stereocenters. The number of rotatable bonds is 3. The van der Waals surface area contributed by atoms with Crippen LogP contribution in [-0.2, 0) is 17.6 Å². The van der Waals surface area contributed by atoms with Gasteiger partial charge in [0, 0.05) is 16.7 Å². The number of amides is 1. The highest BCUT2D eigenvalue weighted by molar-refractivity contribution is 7.16. The molecule has 0 bridgehead atoms. The van der Waals surface area contributed by atoms with Crippen LogP contribution in [0.25, 0.3) is 0 Å². The summed E-state index contributed by atoms with van der Waals surface area (Å²) in [4.78, 5) is 13.1. The van der Waals surface area contributed by atoms with E-state index < -0.39 is 0 Å². The van der Waals surface area contributed by atoms with Gasteiger partial charge in [-0.1, -0.05) is 13.8 Å². The summed E-state index contributed by atoms with van der Waals surface area (Å²) in [5.41, 5.74) is 1.79. The van der Waals surface area contributed by atoms with Gasteiger partial charge in [0.25, 0.3) is 0 Å². The highest BCUT2D eigenvalue weighted by atomic mass is 35.5. The van der Waals surface area contributed by atoms with E-state index in [1.54, 1.807) is 18.3 Å². The second-order valence-electron chi connectivity index (χ2n) is 5.21. The van der Waals surface area contributed by atoms with Gasteiger partial charge in [-0.05, 0) is 30.7 Å². The molecule has 0 spiro atoms. The molecule has 19 heavy (non-hydrogen) atoms. The van der Waals surface area contributed by atoms with Crippen molar-refractivity contribution >= 4 is 33.8 Å². The van der Waals surface area contributed by atoms with Crippen molar-refractivity contribution in [2.24, 2.45) is 11.8 Å². The van der Waals surface area contributed by atoms with Crippen molar-refractivity contribution in [2.75, 3.05) is 11.2 Å². The predicted octanol–water partition coefficient (Wildman–Crippen LogP) is 3.56. The molecular formula is C14H17ClN2OS. The number of alkyl halides is 1. The molecule has 0 aliphatic heterocycles. The molecule has 1 aliphatic carbocycles. The number of hydrogen-bond donors (Lipinski definition) is 1. The van der Waals surface area contributed by atoms with Gasteiger partial charge in [-0.3, -0.25) is 4.79 Å². The number of hydrogen-bond acceptors (Lipinski definition) is 3.